The molecule has 0 aliphatic heterocycles. The lowest BCUT2D eigenvalue weighted by Crippen LogP contribution is -2.51. The molecular weight excluding hydrogens is 409 g/mol. The van der Waals surface area contributed by atoms with Gasteiger partial charge in [-0.05, 0) is 43.7 Å². The van der Waals surface area contributed by atoms with Crippen molar-refractivity contribution in [2.75, 3.05) is 23.7 Å². The number of carbonyl (C=O) groups excluding carboxylic acids is 2. The Morgan fingerprint density at radius 1 is 1.07 bits per heavy atom. The van der Waals surface area contributed by atoms with Crippen LogP contribution < -0.4 is 9.62 Å². The number of benzene rings is 2. The third kappa shape index (κ3) is 6.28. The second kappa shape index (κ2) is 10.2. The van der Waals surface area contributed by atoms with Gasteiger partial charge in [0, 0.05) is 13.1 Å². The molecule has 0 unspecified atom stereocenters. The Bertz CT molecular complexity index is 966. The molecule has 2 rings (SSSR count). The summed E-state index contributed by atoms with van der Waals surface area (Å²) in [5, 5.41) is 2.68. The zero-order valence-corrected chi connectivity index (χ0v) is 18.0. The quantitative estimate of drug-likeness (QED) is 0.654. The van der Waals surface area contributed by atoms with E-state index in [1.54, 1.807) is 13.8 Å². The van der Waals surface area contributed by atoms with Gasteiger partial charge in [-0.3, -0.25) is 13.9 Å². The van der Waals surface area contributed by atoms with Gasteiger partial charge in [-0.25, -0.2) is 12.8 Å². The van der Waals surface area contributed by atoms with Gasteiger partial charge >= 0.3 is 0 Å². The van der Waals surface area contributed by atoms with Gasteiger partial charge in [0.25, 0.3) is 0 Å². The number of hydrogen-bond acceptors (Lipinski definition) is 4. The topological polar surface area (TPSA) is 86.8 Å². The lowest BCUT2D eigenvalue weighted by atomic mass is 10.1. The molecule has 0 heterocycles. The maximum atomic E-state index is 13.3. The van der Waals surface area contributed by atoms with Crippen LogP contribution in [0.2, 0.25) is 0 Å². The summed E-state index contributed by atoms with van der Waals surface area (Å²) in [7, 11) is -3.83. The van der Waals surface area contributed by atoms with Gasteiger partial charge in [0.1, 0.15) is 18.4 Å². The Morgan fingerprint density at radius 2 is 1.67 bits per heavy atom. The highest BCUT2D eigenvalue weighted by molar-refractivity contribution is 7.92. The SMILES string of the molecule is CCNC(=O)[C@H](C)N(Cc1ccccc1)C(=O)CN(c1ccc(F)cc1)S(C)(=O)=O. The summed E-state index contributed by atoms with van der Waals surface area (Å²) in [6.07, 6.45) is 0.971. The molecule has 2 aromatic carbocycles. The number of nitrogens with zero attached hydrogens (tertiary/aromatic N) is 2. The van der Waals surface area contributed by atoms with Crippen LogP contribution in [0.3, 0.4) is 0 Å². The van der Waals surface area contributed by atoms with Gasteiger partial charge in [0.15, 0.2) is 0 Å². The van der Waals surface area contributed by atoms with E-state index in [0.717, 1.165) is 28.3 Å². The number of anilines is 1. The molecule has 2 amide bonds. The van der Waals surface area contributed by atoms with Crippen molar-refractivity contribution in [2.45, 2.75) is 26.4 Å². The summed E-state index contributed by atoms with van der Waals surface area (Å²) < 4.78 is 38.8. The molecule has 1 atom stereocenters. The first kappa shape index (κ1) is 23.3. The summed E-state index contributed by atoms with van der Waals surface area (Å²) in [6.45, 7) is 3.39. The van der Waals surface area contributed by atoms with E-state index in [9.17, 15) is 22.4 Å². The van der Waals surface area contributed by atoms with Crippen LogP contribution in [-0.2, 0) is 26.2 Å². The first-order chi connectivity index (χ1) is 14.1. The molecule has 30 heavy (non-hydrogen) atoms. The van der Waals surface area contributed by atoms with E-state index in [0.29, 0.717) is 6.54 Å². The Morgan fingerprint density at radius 3 is 2.20 bits per heavy atom. The molecule has 0 spiro atoms. The predicted molar refractivity (Wildman–Crippen MR) is 114 cm³/mol. The molecule has 162 valence electrons. The Labute approximate surface area is 176 Å². The largest absolute Gasteiger partial charge is 0.355 e. The second-order valence-electron chi connectivity index (χ2n) is 6.82. The summed E-state index contributed by atoms with van der Waals surface area (Å²) in [5.41, 5.74) is 0.965. The molecule has 0 aliphatic carbocycles. The van der Waals surface area contributed by atoms with Crippen molar-refractivity contribution in [1.82, 2.24) is 10.2 Å². The van der Waals surface area contributed by atoms with Crippen LogP contribution >= 0.6 is 0 Å². The Balaban J connectivity index is 2.34. The first-order valence-electron chi connectivity index (χ1n) is 9.48. The standard InChI is InChI=1S/C21H26FN3O4S/c1-4-23-21(27)16(2)24(14-17-8-6-5-7-9-17)20(26)15-25(30(3,28)29)19-12-10-18(22)11-13-19/h5-13,16H,4,14-15H2,1-3H3,(H,23,27)/t16-/m0/s1. The summed E-state index contributed by atoms with van der Waals surface area (Å²) >= 11 is 0. The zero-order chi connectivity index (χ0) is 22.3. The van der Waals surface area contributed by atoms with E-state index >= 15 is 0 Å². The summed E-state index contributed by atoms with van der Waals surface area (Å²) in [6, 6.07) is 13.1. The molecule has 0 radical (unpaired) electrons. The van der Waals surface area contributed by atoms with Gasteiger partial charge in [-0.15, -0.1) is 0 Å². The summed E-state index contributed by atoms with van der Waals surface area (Å²) in [5.74, 6) is -1.41. The third-order valence-electron chi connectivity index (χ3n) is 4.51. The number of hydrogen-bond donors (Lipinski definition) is 1. The monoisotopic (exact) mass is 435 g/mol. The Kier molecular flexibility index (Phi) is 7.93. The molecule has 0 fully saturated rings. The fraction of sp³-hybridized carbons (Fsp3) is 0.333. The lowest BCUT2D eigenvalue weighted by Gasteiger charge is -2.31. The Hall–Kier alpha value is -2.94. The van der Waals surface area contributed by atoms with Gasteiger partial charge in [0.05, 0.1) is 11.9 Å². The second-order valence-corrected chi connectivity index (χ2v) is 8.73. The third-order valence-corrected chi connectivity index (χ3v) is 5.65. The van der Waals surface area contributed by atoms with Crippen molar-refractivity contribution in [2.24, 2.45) is 0 Å². The number of halogens is 1. The average molecular weight is 436 g/mol. The number of amides is 2. The summed E-state index contributed by atoms with van der Waals surface area (Å²) in [4.78, 5) is 26.9. The minimum absolute atomic E-state index is 0.138. The highest BCUT2D eigenvalue weighted by Crippen LogP contribution is 2.19. The zero-order valence-electron chi connectivity index (χ0n) is 17.2. The number of nitrogens with one attached hydrogen (secondary N) is 1. The van der Waals surface area contributed by atoms with E-state index < -0.39 is 34.3 Å². The van der Waals surface area contributed by atoms with Gasteiger partial charge < -0.3 is 10.2 Å². The fourth-order valence-electron chi connectivity index (χ4n) is 2.91. The van der Waals surface area contributed by atoms with Crippen molar-refractivity contribution in [1.29, 1.82) is 0 Å². The minimum Gasteiger partial charge on any atom is -0.355 e. The minimum atomic E-state index is -3.83. The highest BCUT2D eigenvalue weighted by atomic mass is 32.2. The fourth-order valence-corrected chi connectivity index (χ4v) is 3.76. The van der Waals surface area contributed by atoms with Crippen LogP contribution in [-0.4, -0.2) is 50.5 Å². The maximum Gasteiger partial charge on any atom is 0.244 e. The van der Waals surface area contributed by atoms with E-state index in [4.69, 9.17) is 0 Å². The van der Waals surface area contributed by atoms with E-state index in [2.05, 4.69) is 5.32 Å². The smallest absolute Gasteiger partial charge is 0.244 e. The van der Waals surface area contributed by atoms with Crippen LogP contribution in [0.1, 0.15) is 19.4 Å². The van der Waals surface area contributed by atoms with E-state index in [-0.39, 0.29) is 18.1 Å². The van der Waals surface area contributed by atoms with Crippen LogP contribution in [0.4, 0.5) is 10.1 Å². The van der Waals surface area contributed by atoms with Crippen LogP contribution in [0.5, 0.6) is 0 Å². The van der Waals surface area contributed by atoms with Crippen molar-refractivity contribution >= 4 is 27.5 Å². The van der Waals surface area contributed by atoms with Crippen molar-refractivity contribution in [3.05, 3.63) is 66.0 Å². The maximum absolute atomic E-state index is 13.3. The molecule has 0 saturated heterocycles. The van der Waals surface area contributed by atoms with Crippen LogP contribution in [0.15, 0.2) is 54.6 Å². The molecule has 9 heteroatoms. The average Bonchev–Trinajstić information content (AvgIpc) is 2.70. The van der Waals surface area contributed by atoms with E-state index in [1.807, 2.05) is 30.3 Å². The predicted octanol–water partition coefficient (Wildman–Crippen LogP) is 2.15. The molecule has 7 nitrogen and oxygen atoms in total. The highest BCUT2D eigenvalue weighted by Gasteiger charge is 2.29. The molecule has 2 aromatic rings. The number of sulfonamides is 1. The number of rotatable bonds is 9. The molecule has 0 aliphatic rings. The number of carbonyl (C=O) groups is 2. The lowest BCUT2D eigenvalue weighted by molar-refractivity contribution is -0.139. The normalized spacial score (nSPS) is 12.1. The molecule has 1 N–H and O–H groups in total. The molecular formula is C21H26FN3O4S. The van der Waals surface area contributed by atoms with Crippen LogP contribution in [0, 0.1) is 5.82 Å². The number of likely N-dealkylation sites (N-methyl/N-ethyl adjacent to an activating group) is 1. The van der Waals surface area contributed by atoms with E-state index in [1.165, 1.54) is 17.0 Å². The van der Waals surface area contributed by atoms with Gasteiger partial charge in [0.2, 0.25) is 21.8 Å². The van der Waals surface area contributed by atoms with Crippen molar-refractivity contribution < 1.29 is 22.4 Å². The van der Waals surface area contributed by atoms with Gasteiger partial charge in [-0.1, -0.05) is 30.3 Å². The molecule has 0 saturated carbocycles. The van der Waals surface area contributed by atoms with Crippen LogP contribution in [0.25, 0.3) is 0 Å². The van der Waals surface area contributed by atoms with Crippen molar-refractivity contribution in [3.63, 3.8) is 0 Å². The molecule has 0 aromatic heterocycles. The van der Waals surface area contributed by atoms with Gasteiger partial charge in [-0.2, -0.15) is 0 Å². The first-order valence-corrected chi connectivity index (χ1v) is 11.3. The molecule has 0 bridgehead atoms. The van der Waals surface area contributed by atoms with Crippen molar-refractivity contribution in [3.8, 4) is 0 Å².